The molecule has 1 aliphatic rings. The van der Waals surface area contributed by atoms with Crippen molar-refractivity contribution < 1.29 is 18.4 Å². The molecule has 0 amide bonds. The van der Waals surface area contributed by atoms with Crippen LogP contribution in [0.25, 0.3) is 33.4 Å². The van der Waals surface area contributed by atoms with Gasteiger partial charge in [-0.2, -0.15) is 0 Å². The number of carbonyl (C=O) groups is 2. The van der Waals surface area contributed by atoms with Crippen LogP contribution in [-0.4, -0.2) is 21.1 Å². The Kier molecular flexibility index (Phi) is 6.06. The number of ketones is 2. The SMILES string of the molecule is CCC(=O)c1c(-c2ccc(F)cc2)oc2ccc(-c3cc(C(=O)CC4(c5cn(C)cn5)CC4)ccc3C)cc12. The van der Waals surface area contributed by atoms with Crippen molar-refractivity contribution in [3.05, 3.63) is 101 Å². The molecule has 1 fully saturated rings. The zero-order valence-corrected chi connectivity index (χ0v) is 22.3. The van der Waals surface area contributed by atoms with Gasteiger partial charge in [0.2, 0.25) is 0 Å². The number of Topliss-reactive ketones (excluding diaryl/α,β-unsaturated/α-hetero) is 2. The maximum absolute atomic E-state index is 13.6. The lowest BCUT2D eigenvalue weighted by Crippen LogP contribution is -2.14. The Morgan fingerprint density at radius 1 is 1.00 bits per heavy atom. The molecule has 0 unspecified atom stereocenters. The highest BCUT2D eigenvalue weighted by Crippen LogP contribution is 2.51. The lowest BCUT2D eigenvalue weighted by Gasteiger charge is -2.13. The Morgan fingerprint density at radius 2 is 1.74 bits per heavy atom. The van der Waals surface area contributed by atoms with E-state index in [1.54, 1.807) is 18.5 Å². The average Bonchev–Trinajstić information content (AvgIpc) is 3.40. The van der Waals surface area contributed by atoms with Crippen LogP contribution in [0, 0.1) is 12.7 Å². The molecule has 0 spiro atoms. The van der Waals surface area contributed by atoms with Crippen LogP contribution in [0.4, 0.5) is 4.39 Å². The monoisotopic (exact) mass is 520 g/mol. The van der Waals surface area contributed by atoms with Crippen LogP contribution in [0.1, 0.15) is 64.6 Å². The van der Waals surface area contributed by atoms with Crippen LogP contribution < -0.4 is 0 Å². The molecule has 0 saturated heterocycles. The number of nitrogens with zero attached hydrogens (tertiary/aromatic N) is 2. The second-order valence-corrected chi connectivity index (χ2v) is 10.6. The van der Waals surface area contributed by atoms with Gasteiger partial charge in [0.1, 0.15) is 17.2 Å². The Hall–Kier alpha value is -4.32. The first-order valence-corrected chi connectivity index (χ1v) is 13.3. The number of carbonyl (C=O) groups excluding carboxylic acids is 2. The van der Waals surface area contributed by atoms with Gasteiger partial charge in [0, 0.05) is 48.0 Å². The largest absolute Gasteiger partial charge is 0.455 e. The summed E-state index contributed by atoms with van der Waals surface area (Å²) in [5.41, 5.74) is 6.09. The van der Waals surface area contributed by atoms with Crippen molar-refractivity contribution in [3.8, 4) is 22.5 Å². The number of aryl methyl sites for hydroxylation is 2. The average molecular weight is 521 g/mol. The van der Waals surface area contributed by atoms with Crippen LogP contribution in [0.5, 0.6) is 0 Å². The van der Waals surface area contributed by atoms with E-state index in [0.29, 0.717) is 46.3 Å². The maximum atomic E-state index is 13.6. The highest BCUT2D eigenvalue weighted by Gasteiger charge is 2.47. The maximum Gasteiger partial charge on any atom is 0.167 e. The third-order valence-electron chi connectivity index (χ3n) is 7.87. The van der Waals surface area contributed by atoms with E-state index in [9.17, 15) is 14.0 Å². The minimum Gasteiger partial charge on any atom is -0.455 e. The Bertz CT molecular complexity index is 1740. The van der Waals surface area contributed by atoms with Crippen molar-refractivity contribution in [2.24, 2.45) is 7.05 Å². The minimum absolute atomic E-state index is 0.0462. The molecule has 0 atom stereocenters. The summed E-state index contributed by atoms with van der Waals surface area (Å²) < 4.78 is 21.6. The van der Waals surface area contributed by atoms with E-state index < -0.39 is 0 Å². The third kappa shape index (κ3) is 4.50. The van der Waals surface area contributed by atoms with Gasteiger partial charge in [-0.05, 0) is 78.9 Å². The quantitative estimate of drug-likeness (QED) is 0.196. The number of imidazole rings is 1. The minimum atomic E-state index is -0.349. The first-order chi connectivity index (χ1) is 18.8. The van der Waals surface area contributed by atoms with Crippen LogP contribution in [-0.2, 0) is 12.5 Å². The van der Waals surface area contributed by atoms with E-state index in [1.807, 2.05) is 68.1 Å². The van der Waals surface area contributed by atoms with Gasteiger partial charge in [0.05, 0.1) is 17.6 Å². The van der Waals surface area contributed by atoms with Gasteiger partial charge in [-0.15, -0.1) is 0 Å². The van der Waals surface area contributed by atoms with E-state index in [1.165, 1.54) is 12.1 Å². The van der Waals surface area contributed by atoms with Crippen LogP contribution in [0.15, 0.2) is 77.6 Å². The zero-order chi connectivity index (χ0) is 27.3. The number of rotatable bonds is 8. The molecule has 3 aromatic carbocycles. The molecule has 6 rings (SSSR count). The van der Waals surface area contributed by atoms with Crippen LogP contribution >= 0.6 is 0 Å². The molecule has 1 saturated carbocycles. The predicted octanol–water partition coefficient (Wildman–Crippen LogP) is 7.85. The first kappa shape index (κ1) is 25.0. The van der Waals surface area contributed by atoms with Crippen molar-refractivity contribution in [2.45, 2.75) is 44.9 Å². The number of benzene rings is 3. The number of hydrogen-bond acceptors (Lipinski definition) is 4. The molecule has 1 aliphatic carbocycles. The standard InChI is InChI=1S/C33H29FN2O3/c1-4-27(37)31-26-15-22(9-12-29(26)39-32(31)21-7-10-24(34)11-8-21)25-16-23(6-5-20(25)2)28(38)17-33(13-14-33)30-18-36(3)19-35-30/h5-12,15-16,18-19H,4,13-14,17H2,1-3H3. The number of fused-ring (bicyclic) bond motifs is 1. The molecular weight excluding hydrogens is 491 g/mol. The lowest BCUT2D eigenvalue weighted by molar-refractivity contribution is 0.0966. The molecule has 39 heavy (non-hydrogen) atoms. The Morgan fingerprint density at radius 3 is 2.41 bits per heavy atom. The van der Waals surface area contributed by atoms with E-state index in [4.69, 9.17) is 4.42 Å². The molecule has 0 aliphatic heterocycles. The topological polar surface area (TPSA) is 65.1 Å². The Labute approximate surface area is 226 Å². The van der Waals surface area contributed by atoms with Gasteiger partial charge in [0.15, 0.2) is 11.6 Å². The number of hydrogen-bond donors (Lipinski definition) is 0. The number of aromatic nitrogens is 2. The highest BCUT2D eigenvalue weighted by molar-refractivity contribution is 6.12. The summed E-state index contributed by atoms with van der Waals surface area (Å²) in [7, 11) is 1.94. The molecule has 0 radical (unpaired) electrons. The summed E-state index contributed by atoms with van der Waals surface area (Å²) in [5, 5.41) is 0.710. The fourth-order valence-corrected chi connectivity index (χ4v) is 5.40. The molecule has 2 aromatic heterocycles. The molecule has 5 aromatic rings. The summed E-state index contributed by atoms with van der Waals surface area (Å²) in [5.74, 6) is 0.149. The molecule has 0 N–H and O–H groups in total. The van der Waals surface area contributed by atoms with E-state index in [-0.39, 0.29) is 22.8 Å². The molecule has 6 heteroatoms. The van der Waals surface area contributed by atoms with E-state index >= 15 is 0 Å². The zero-order valence-electron chi connectivity index (χ0n) is 22.3. The number of furan rings is 1. The fourth-order valence-electron chi connectivity index (χ4n) is 5.40. The van der Waals surface area contributed by atoms with Gasteiger partial charge in [-0.3, -0.25) is 9.59 Å². The second-order valence-electron chi connectivity index (χ2n) is 10.6. The Balaban J connectivity index is 1.38. The highest BCUT2D eigenvalue weighted by atomic mass is 19.1. The third-order valence-corrected chi connectivity index (χ3v) is 7.87. The van der Waals surface area contributed by atoms with Crippen molar-refractivity contribution in [1.29, 1.82) is 0 Å². The van der Waals surface area contributed by atoms with Crippen molar-refractivity contribution in [2.75, 3.05) is 0 Å². The summed E-state index contributed by atoms with van der Waals surface area (Å²) in [6, 6.07) is 17.6. The van der Waals surface area contributed by atoms with Gasteiger partial charge in [-0.1, -0.05) is 25.1 Å². The first-order valence-electron chi connectivity index (χ1n) is 13.3. The van der Waals surface area contributed by atoms with Crippen LogP contribution in [0.2, 0.25) is 0 Å². The van der Waals surface area contributed by atoms with Crippen LogP contribution in [0.3, 0.4) is 0 Å². The molecule has 2 heterocycles. The summed E-state index contributed by atoms with van der Waals surface area (Å²) >= 11 is 0. The normalized spacial score (nSPS) is 14.1. The van der Waals surface area contributed by atoms with Gasteiger partial charge < -0.3 is 8.98 Å². The lowest BCUT2D eigenvalue weighted by atomic mass is 9.90. The summed E-state index contributed by atoms with van der Waals surface area (Å²) in [6.07, 6.45) is 6.48. The van der Waals surface area contributed by atoms with Crippen molar-refractivity contribution >= 4 is 22.5 Å². The van der Waals surface area contributed by atoms with Crippen molar-refractivity contribution in [1.82, 2.24) is 9.55 Å². The fraction of sp³-hybridized carbons (Fsp3) is 0.242. The smallest absolute Gasteiger partial charge is 0.167 e. The molecule has 5 nitrogen and oxygen atoms in total. The van der Waals surface area contributed by atoms with E-state index in [2.05, 4.69) is 4.98 Å². The molecule has 0 bridgehead atoms. The van der Waals surface area contributed by atoms with Crippen molar-refractivity contribution in [3.63, 3.8) is 0 Å². The predicted molar refractivity (Wildman–Crippen MR) is 149 cm³/mol. The summed E-state index contributed by atoms with van der Waals surface area (Å²) in [4.78, 5) is 31.0. The van der Waals surface area contributed by atoms with Gasteiger partial charge in [0.25, 0.3) is 0 Å². The van der Waals surface area contributed by atoms with Gasteiger partial charge >= 0.3 is 0 Å². The molecular formula is C33H29FN2O3. The number of halogens is 1. The second kappa shape index (κ2) is 9.45. The molecule has 196 valence electrons. The summed E-state index contributed by atoms with van der Waals surface area (Å²) in [6.45, 7) is 3.83. The van der Waals surface area contributed by atoms with Gasteiger partial charge in [-0.25, -0.2) is 9.37 Å². The van der Waals surface area contributed by atoms with E-state index in [0.717, 1.165) is 35.2 Å².